The molecule has 1 unspecified atom stereocenters. The van der Waals surface area contributed by atoms with Gasteiger partial charge in [0, 0.05) is 5.54 Å². The molecular formula is C24H32N3O3+. The van der Waals surface area contributed by atoms with Gasteiger partial charge in [0.2, 0.25) is 0 Å². The van der Waals surface area contributed by atoms with E-state index in [0.29, 0.717) is 18.9 Å². The number of ether oxygens (including phenoxy) is 1. The quantitative estimate of drug-likeness (QED) is 0.766. The highest BCUT2D eigenvalue weighted by Gasteiger charge is 2.35. The Kier molecular flexibility index (Phi) is 6.77. The van der Waals surface area contributed by atoms with Crippen LogP contribution in [0.1, 0.15) is 39.3 Å². The Labute approximate surface area is 178 Å². The highest BCUT2D eigenvalue weighted by atomic mass is 16.5. The molecule has 2 amide bonds. The standard InChI is InChI=1S/C24H31N3O3/c1-5-26(15-22(28)25-24(2,3)4)16-23(29)27-19-13-9-10-14-21(19)30-17-20(27)18-11-7-6-8-12-18/h6-14,20H,5,15-17H2,1-4H3,(H,25,28)/p+1/t20-/m0/s1. The van der Waals surface area contributed by atoms with Crippen LogP contribution >= 0.6 is 0 Å². The molecule has 2 atom stereocenters. The number of nitrogens with zero attached hydrogens (tertiary/aromatic N) is 1. The van der Waals surface area contributed by atoms with E-state index in [1.54, 1.807) is 0 Å². The number of nitrogens with one attached hydrogen (secondary N) is 2. The van der Waals surface area contributed by atoms with E-state index in [0.717, 1.165) is 16.2 Å². The van der Waals surface area contributed by atoms with Crippen LogP contribution in [0, 0.1) is 0 Å². The number of fused-ring (bicyclic) bond motifs is 1. The number of likely N-dealkylation sites (N-methyl/N-ethyl adjacent to an activating group) is 1. The summed E-state index contributed by atoms with van der Waals surface area (Å²) in [5.41, 5.74) is 1.52. The predicted molar refractivity (Wildman–Crippen MR) is 118 cm³/mol. The summed E-state index contributed by atoms with van der Waals surface area (Å²) in [5, 5.41) is 2.98. The Morgan fingerprint density at radius 2 is 1.73 bits per heavy atom. The first-order valence-corrected chi connectivity index (χ1v) is 10.5. The average molecular weight is 411 g/mol. The molecule has 160 valence electrons. The summed E-state index contributed by atoms with van der Waals surface area (Å²) in [4.78, 5) is 28.7. The molecule has 0 bridgehead atoms. The van der Waals surface area contributed by atoms with Gasteiger partial charge in [-0.15, -0.1) is 0 Å². The molecule has 1 heterocycles. The Hall–Kier alpha value is -2.86. The lowest BCUT2D eigenvalue weighted by atomic mass is 10.0. The molecular weight excluding hydrogens is 378 g/mol. The minimum absolute atomic E-state index is 0.0139. The maximum atomic E-state index is 13.5. The summed E-state index contributed by atoms with van der Waals surface area (Å²) in [7, 11) is 0. The fourth-order valence-electron chi connectivity index (χ4n) is 3.72. The molecule has 0 saturated heterocycles. The van der Waals surface area contributed by atoms with E-state index in [1.165, 1.54) is 0 Å². The number of amides is 2. The lowest BCUT2D eigenvalue weighted by Crippen LogP contribution is -3.14. The Morgan fingerprint density at radius 1 is 1.07 bits per heavy atom. The largest absolute Gasteiger partial charge is 0.489 e. The second-order valence-electron chi connectivity index (χ2n) is 8.72. The molecule has 2 aromatic carbocycles. The van der Waals surface area contributed by atoms with Crippen molar-refractivity contribution in [3.63, 3.8) is 0 Å². The number of rotatable bonds is 6. The number of hydrogen-bond donors (Lipinski definition) is 2. The van der Waals surface area contributed by atoms with Crippen molar-refractivity contribution in [1.82, 2.24) is 5.32 Å². The molecule has 0 radical (unpaired) electrons. The molecule has 0 spiro atoms. The SMILES string of the molecule is CC[NH+](CC(=O)NC(C)(C)C)CC(=O)N1c2ccccc2OC[C@H]1c1ccccc1. The monoisotopic (exact) mass is 410 g/mol. The first kappa shape index (κ1) is 21.8. The lowest BCUT2D eigenvalue weighted by molar-refractivity contribution is -0.881. The normalized spacial score (nSPS) is 16.9. The van der Waals surface area contributed by atoms with E-state index in [-0.39, 0.29) is 36.5 Å². The molecule has 0 saturated carbocycles. The fraction of sp³-hybridized carbons (Fsp3) is 0.417. The van der Waals surface area contributed by atoms with E-state index in [4.69, 9.17) is 4.74 Å². The predicted octanol–water partition coefficient (Wildman–Crippen LogP) is 1.97. The summed E-state index contributed by atoms with van der Waals surface area (Å²) < 4.78 is 5.96. The Bertz CT molecular complexity index is 877. The fourth-order valence-corrected chi connectivity index (χ4v) is 3.72. The molecule has 3 rings (SSSR count). The molecule has 2 N–H and O–H groups in total. The molecule has 0 fully saturated rings. The van der Waals surface area contributed by atoms with Crippen molar-refractivity contribution in [3.8, 4) is 5.75 Å². The zero-order valence-corrected chi connectivity index (χ0v) is 18.3. The minimum atomic E-state index is -0.290. The van der Waals surface area contributed by atoms with Crippen LogP contribution in [0.4, 0.5) is 5.69 Å². The van der Waals surface area contributed by atoms with Crippen LogP contribution in [0.2, 0.25) is 0 Å². The van der Waals surface area contributed by atoms with Gasteiger partial charge in [-0.3, -0.25) is 14.5 Å². The van der Waals surface area contributed by atoms with Gasteiger partial charge in [-0.25, -0.2) is 0 Å². The van der Waals surface area contributed by atoms with Gasteiger partial charge in [0.1, 0.15) is 12.4 Å². The third-order valence-corrected chi connectivity index (χ3v) is 5.11. The van der Waals surface area contributed by atoms with E-state index in [1.807, 2.05) is 87.2 Å². The van der Waals surface area contributed by atoms with Crippen LogP contribution in [-0.4, -0.2) is 43.6 Å². The van der Waals surface area contributed by atoms with Gasteiger partial charge in [0.15, 0.2) is 13.1 Å². The summed E-state index contributed by atoms with van der Waals surface area (Å²) in [6, 6.07) is 17.4. The third kappa shape index (κ3) is 5.39. The van der Waals surface area contributed by atoms with Crippen LogP contribution in [-0.2, 0) is 9.59 Å². The zero-order chi connectivity index (χ0) is 21.7. The highest BCUT2D eigenvalue weighted by molar-refractivity contribution is 5.97. The van der Waals surface area contributed by atoms with Crippen LogP contribution < -0.4 is 19.9 Å². The molecule has 6 heteroatoms. The van der Waals surface area contributed by atoms with Gasteiger partial charge in [0.25, 0.3) is 11.8 Å². The van der Waals surface area contributed by atoms with E-state index in [9.17, 15) is 9.59 Å². The summed E-state index contributed by atoms with van der Waals surface area (Å²) in [6.45, 7) is 9.45. The van der Waals surface area contributed by atoms with Crippen molar-refractivity contribution in [2.24, 2.45) is 0 Å². The Morgan fingerprint density at radius 3 is 2.40 bits per heavy atom. The van der Waals surface area contributed by atoms with Crippen LogP contribution in [0.3, 0.4) is 0 Å². The maximum absolute atomic E-state index is 13.5. The number of quaternary nitrogens is 1. The van der Waals surface area contributed by atoms with Crippen molar-refractivity contribution in [2.45, 2.75) is 39.3 Å². The van der Waals surface area contributed by atoms with Crippen LogP contribution in [0.25, 0.3) is 0 Å². The average Bonchev–Trinajstić information content (AvgIpc) is 2.71. The lowest BCUT2D eigenvalue weighted by Gasteiger charge is -2.37. The number of para-hydroxylation sites is 2. The number of carbonyl (C=O) groups is 2. The number of benzene rings is 2. The van der Waals surface area contributed by atoms with Crippen molar-refractivity contribution in [2.75, 3.05) is 31.1 Å². The molecule has 2 aromatic rings. The van der Waals surface area contributed by atoms with Crippen molar-refractivity contribution in [3.05, 3.63) is 60.2 Å². The van der Waals surface area contributed by atoms with Crippen LogP contribution in [0.5, 0.6) is 5.75 Å². The number of anilines is 1. The molecule has 1 aliphatic rings. The van der Waals surface area contributed by atoms with E-state index >= 15 is 0 Å². The molecule has 30 heavy (non-hydrogen) atoms. The smallest absolute Gasteiger partial charge is 0.282 e. The number of hydrogen-bond acceptors (Lipinski definition) is 3. The molecule has 0 aliphatic carbocycles. The second-order valence-corrected chi connectivity index (χ2v) is 8.72. The van der Waals surface area contributed by atoms with Gasteiger partial charge in [-0.2, -0.15) is 0 Å². The first-order valence-electron chi connectivity index (χ1n) is 10.5. The minimum Gasteiger partial charge on any atom is -0.489 e. The topological polar surface area (TPSA) is 63.1 Å². The van der Waals surface area contributed by atoms with E-state index in [2.05, 4.69) is 5.32 Å². The summed E-state index contributed by atoms with van der Waals surface area (Å²) >= 11 is 0. The molecule has 1 aliphatic heterocycles. The van der Waals surface area contributed by atoms with E-state index < -0.39 is 0 Å². The summed E-state index contributed by atoms with van der Waals surface area (Å²) in [5.74, 6) is 0.649. The van der Waals surface area contributed by atoms with Crippen molar-refractivity contribution < 1.29 is 19.2 Å². The summed E-state index contributed by atoms with van der Waals surface area (Å²) in [6.07, 6.45) is 0. The zero-order valence-electron chi connectivity index (χ0n) is 18.3. The van der Waals surface area contributed by atoms with Crippen LogP contribution in [0.15, 0.2) is 54.6 Å². The third-order valence-electron chi connectivity index (χ3n) is 5.11. The molecule has 6 nitrogen and oxygen atoms in total. The molecule has 0 aromatic heterocycles. The maximum Gasteiger partial charge on any atom is 0.282 e. The van der Waals surface area contributed by atoms with Crippen molar-refractivity contribution >= 4 is 17.5 Å². The Balaban J connectivity index is 1.82. The van der Waals surface area contributed by atoms with Gasteiger partial charge in [-0.1, -0.05) is 42.5 Å². The van der Waals surface area contributed by atoms with Crippen molar-refractivity contribution in [1.29, 1.82) is 0 Å². The van der Waals surface area contributed by atoms with Gasteiger partial charge in [-0.05, 0) is 45.4 Å². The highest BCUT2D eigenvalue weighted by Crippen LogP contribution is 2.39. The second kappa shape index (κ2) is 9.30. The van der Waals surface area contributed by atoms with Gasteiger partial charge < -0.3 is 15.0 Å². The number of carbonyl (C=O) groups excluding carboxylic acids is 2. The van der Waals surface area contributed by atoms with Gasteiger partial charge in [0.05, 0.1) is 18.3 Å². The van der Waals surface area contributed by atoms with Gasteiger partial charge >= 0.3 is 0 Å². The first-order chi connectivity index (χ1) is 14.3.